The highest BCUT2D eigenvalue weighted by molar-refractivity contribution is 5.85. The van der Waals surface area contributed by atoms with Gasteiger partial charge in [0.2, 0.25) is 0 Å². The number of aryl methyl sites for hydroxylation is 2. The number of amides is 1. The zero-order valence-electron chi connectivity index (χ0n) is 29.4. The second kappa shape index (κ2) is 15.6. The molecule has 0 aliphatic heterocycles. The summed E-state index contributed by atoms with van der Waals surface area (Å²) >= 11 is 0. The molecule has 1 amide bonds. The maximum absolute atomic E-state index is 13.3. The van der Waals surface area contributed by atoms with Gasteiger partial charge in [-0.25, -0.2) is 14.4 Å². The van der Waals surface area contributed by atoms with Crippen LogP contribution in [-0.4, -0.2) is 58.5 Å². The Morgan fingerprint density at radius 2 is 1.28 bits per heavy atom. The molecule has 0 saturated carbocycles. The highest BCUT2D eigenvalue weighted by atomic mass is 16.7. The van der Waals surface area contributed by atoms with Crippen molar-refractivity contribution in [2.24, 2.45) is 0 Å². The zero-order valence-corrected chi connectivity index (χ0v) is 29.4. The van der Waals surface area contributed by atoms with Crippen LogP contribution < -0.4 is 0 Å². The van der Waals surface area contributed by atoms with Crippen molar-refractivity contribution in [1.29, 1.82) is 0 Å². The number of nitrogens with zero attached hydrogens (tertiary/aromatic N) is 2. The molecule has 2 aliphatic rings. The molecule has 4 aromatic carbocycles. The van der Waals surface area contributed by atoms with Crippen LogP contribution in [0.2, 0.25) is 0 Å². The van der Waals surface area contributed by atoms with Gasteiger partial charge in [-0.3, -0.25) is 9.69 Å². The van der Waals surface area contributed by atoms with E-state index in [1.165, 1.54) is 12.0 Å². The summed E-state index contributed by atoms with van der Waals surface area (Å²) in [6, 6.07) is 33.5. The molecular weight excluding hydrogens is 672 g/mol. The lowest BCUT2D eigenvalue weighted by molar-refractivity contribution is -0.143. The van der Waals surface area contributed by atoms with Crippen LogP contribution in [0.4, 0.5) is 9.59 Å². The Morgan fingerprint density at radius 1 is 0.736 bits per heavy atom. The highest BCUT2D eigenvalue weighted by Gasteiger charge is 2.42. The van der Waals surface area contributed by atoms with E-state index in [9.17, 15) is 24.3 Å². The van der Waals surface area contributed by atoms with Gasteiger partial charge in [0.1, 0.15) is 12.6 Å². The normalized spacial score (nSPS) is 13.3. The molecule has 0 saturated heterocycles. The maximum Gasteiger partial charge on any atom is 0.516 e. The lowest BCUT2D eigenvalue weighted by Gasteiger charge is -2.34. The molecule has 0 radical (unpaired) electrons. The fourth-order valence-electron chi connectivity index (χ4n) is 7.84. The number of aliphatic carboxylic acids is 1. The van der Waals surface area contributed by atoms with Gasteiger partial charge in [-0.1, -0.05) is 97.1 Å². The average Bonchev–Trinajstić information content (AvgIpc) is 3.86. The summed E-state index contributed by atoms with van der Waals surface area (Å²) in [7, 11) is 1.27. The first-order valence-corrected chi connectivity index (χ1v) is 17.8. The van der Waals surface area contributed by atoms with Crippen molar-refractivity contribution >= 4 is 24.2 Å². The van der Waals surface area contributed by atoms with Crippen molar-refractivity contribution in [2.45, 2.75) is 56.7 Å². The third-order valence-electron chi connectivity index (χ3n) is 10.2. The van der Waals surface area contributed by atoms with Crippen LogP contribution in [0, 0.1) is 0 Å². The number of hydrogen-bond donors (Lipinski definition) is 1. The molecule has 10 heteroatoms. The van der Waals surface area contributed by atoms with Gasteiger partial charge in [0.25, 0.3) is 0 Å². The molecule has 1 unspecified atom stereocenters. The Kier molecular flexibility index (Phi) is 10.4. The van der Waals surface area contributed by atoms with E-state index in [0.717, 1.165) is 50.2 Å². The first kappa shape index (κ1) is 35.3. The molecule has 53 heavy (non-hydrogen) atoms. The lowest BCUT2D eigenvalue weighted by atomic mass is 9.98. The summed E-state index contributed by atoms with van der Waals surface area (Å²) in [5.74, 6) is -1.93. The lowest BCUT2D eigenvalue weighted by Crippen LogP contribution is -2.47. The summed E-state index contributed by atoms with van der Waals surface area (Å²) in [5, 5.41) is 10.4. The van der Waals surface area contributed by atoms with Crippen molar-refractivity contribution in [1.82, 2.24) is 9.47 Å². The Hall–Kier alpha value is -6.16. The zero-order chi connectivity index (χ0) is 36.9. The third-order valence-corrected chi connectivity index (χ3v) is 10.2. The molecule has 1 atom stereocenters. The number of ether oxygens (including phenoxy) is 3. The second-order valence-corrected chi connectivity index (χ2v) is 13.3. The Balaban J connectivity index is 0.915. The number of carboxylic acid groups (broad SMARTS) is 1. The molecular formula is C43H40N2O8. The minimum Gasteiger partial charge on any atom is -0.480 e. The Labute approximate surface area is 307 Å². The van der Waals surface area contributed by atoms with Crippen molar-refractivity contribution in [3.63, 3.8) is 0 Å². The number of rotatable bonds is 13. The largest absolute Gasteiger partial charge is 0.516 e. The molecule has 1 heterocycles. The quantitative estimate of drug-likeness (QED) is 0.0734. The molecule has 1 N–H and O–H groups in total. The number of unbranched alkanes of at least 4 members (excludes halogenated alkanes) is 1. The number of hydrogen-bond acceptors (Lipinski definition) is 7. The molecule has 0 bridgehead atoms. The molecule has 10 nitrogen and oxygen atoms in total. The third kappa shape index (κ3) is 7.17. The van der Waals surface area contributed by atoms with Crippen molar-refractivity contribution in [3.05, 3.63) is 143 Å². The predicted molar refractivity (Wildman–Crippen MR) is 197 cm³/mol. The average molecular weight is 713 g/mol. The number of carboxylic acids is 1. The summed E-state index contributed by atoms with van der Waals surface area (Å²) < 4.78 is 17.6. The van der Waals surface area contributed by atoms with Gasteiger partial charge < -0.3 is 23.9 Å². The SMILES string of the molecule is COC(=O)N(C(CCCCn1cccc1CCC(=O)OC(=O)OCC1c2ccccc2-c2ccccc21)C(=O)O)C1c2ccccc2-c2ccccc21. The molecule has 0 fully saturated rings. The van der Waals surface area contributed by atoms with Gasteiger partial charge in [0.15, 0.2) is 0 Å². The van der Waals surface area contributed by atoms with Gasteiger partial charge in [-0.05, 0) is 82.3 Å². The van der Waals surface area contributed by atoms with Crippen LogP contribution in [0.15, 0.2) is 115 Å². The highest BCUT2D eigenvalue weighted by Crippen LogP contribution is 2.47. The van der Waals surface area contributed by atoms with E-state index in [0.29, 0.717) is 25.8 Å². The van der Waals surface area contributed by atoms with Gasteiger partial charge >= 0.3 is 24.2 Å². The van der Waals surface area contributed by atoms with Crippen molar-refractivity contribution in [2.75, 3.05) is 13.7 Å². The number of carbonyl (C=O) groups is 4. The van der Waals surface area contributed by atoms with E-state index in [1.54, 1.807) is 0 Å². The fraction of sp³-hybridized carbons (Fsp3) is 0.256. The maximum atomic E-state index is 13.3. The van der Waals surface area contributed by atoms with Crippen LogP contribution in [0.1, 0.15) is 65.6 Å². The van der Waals surface area contributed by atoms with Crippen molar-refractivity contribution < 1.29 is 38.5 Å². The van der Waals surface area contributed by atoms with Gasteiger partial charge in [-0.15, -0.1) is 0 Å². The first-order valence-electron chi connectivity index (χ1n) is 17.8. The summed E-state index contributed by atoms with van der Waals surface area (Å²) in [5.41, 5.74) is 8.88. The Morgan fingerprint density at radius 3 is 1.85 bits per heavy atom. The van der Waals surface area contributed by atoms with E-state index in [1.807, 2.05) is 120 Å². The Bertz CT molecular complexity index is 2060. The number of benzene rings is 4. The monoisotopic (exact) mass is 712 g/mol. The minimum atomic E-state index is -1.12. The number of esters is 1. The predicted octanol–water partition coefficient (Wildman–Crippen LogP) is 8.37. The standard InChI is InChI=1S/C43H40N2O8/c1-51-42(49)45(40-35-20-8-6-16-31(35)32-17-7-9-21-36(32)40)38(41(47)48)22-10-11-25-44-26-12-13-28(44)23-24-39(46)53-43(50)52-27-37-33-18-4-2-14-29(33)30-15-3-5-19-34(30)37/h2-9,12-21,26,37-38,40H,10-11,22-25,27H2,1H3,(H,47,48). The van der Waals surface area contributed by atoms with E-state index < -0.39 is 36.3 Å². The van der Waals surface area contributed by atoms with E-state index in [-0.39, 0.29) is 25.4 Å². The number of carbonyl (C=O) groups excluding carboxylic acids is 3. The minimum absolute atomic E-state index is 0.0201. The molecule has 1 aromatic heterocycles. The van der Waals surface area contributed by atoms with Crippen LogP contribution in [0.3, 0.4) is 0 Å². The first-order chi connectivity index (χ1) is 25.9. The van der Waals surface area contributed by atoms with E-state index >= 15 is 0 Å². The van der Waals surface area contributed by atoms with Crippen LogP contribution >= 0.6 is 0 Å². The summed E-state index contributed by atoms with van der Waals surface area (Å²) in [6.07, 6.45) is 1.86. The summed E-state index contributed by atoms with van der Waals surface area (Å²) in [4.78, 5) is 52.5. The topological polar surface area (TPSA) is 124 Å². The van der Waals surface area contributed by atoms with E-state index in [4.69, 9.17) is 14.2 Å². The second-order valence-electron chi connectivity index (χ2n) is 13.3. The number of fused-ring (bicyclic) bond motifs is 6. The van der Waals surface area contributed by atoms with Crippen LogP contribution in [0.25, 0.3) is 22.3 Å². The molecule has 7 rings (SSSR count). The smallest absolute Gasteiger partial charge is 0.480 e. The summed E-state index contributed by atoms with van der Waals surface area (Å²) in [6.45, 7) is 0.633. The van der Waals surface area contributed by atoms with Gasteiger partial charge in [0.05, 0.1) is 19.6 Å². The molecule has 5 aromatic rings. The molecule has 270 valence electrons. The van der Waals surface area contributed by atoms with Gasteiger partial charge in [-0.2, -0.15) is 0 Å². The number of methoxy groups -OCH3 is 1. The molecule has 2 aliphatic carbocycles. The van der Waals surface area contributed by atoms with Crippen LogP contribution in [-0.2, 0) is 36.8 Å². The van der Waals surface area contributed by atoms with Crippen molar-refractivity contribution in [3.8, 4) is 22.3 Å². The van der Waals surface area contributed by atoms with E-state index in [2.05, 4.69) is 0 Å². The fourth-order valence-corrected chi connectivity index (χ4v) is 7.84. The van der Waals surface area contributed by atoms with Crippen LogP contribution in [0.5, 0.6) is 0 Å². The number of aromatic nitrogens is 1. The van der Waals surface area contributed by atoms with Gasteiger partial charge in [0, 0.05) is 24.4 Å². The molecule has 0 spiro atoms.